The number of carbonyl (C=O) groups is 2. The molecule has 146 valence electrons. The van der Waals surface area contributed by atoms with Gasteiger partial charge in [0, 0.05) is 37.5 Å². The lowest BCUT2D eigenvalue weighted by molar-refractivity contribution is -0.132. The zero-order chi connectivity index (χ0) is 19.5. The van der Waals surface area contributed by atoms with E-state index in [1.54, 1.807) is 6.07 Å². The minimum Gasteiger partial charge on any atom is -0.459 e. The highest BCUT2D eigenvalue weighted by Crippen LogP contribution is 2.16. The number of aromatic nitrogens is 2. The number of H-pyrrole nitrogens is 1. The summed E-state index contributed by atoms with van der Waals surface area (Å²) in [5.41, 5.74) is 2.75. The maximum absolute atomic E-state index is 12.5. The second kappa shape index (κ2) is 7.88. The first-order valence-corrected chi connectivity index (χ1v) is 9.66. The highest BCUT2D eigenvalue weighted by molar-refractivity contribution is 5.93. The summed E-state index contributed by atoms with van der Waals surface area (Å²) in [6.45, 7) is 3.16. The smallest absolute Gasteiger partial charge is 0.287 e. The summed E-state index contributed by atoms with van der Waals surface area (Å²) in [4.78, 5) is 34.4. The Morgan fingerprint density at radius 2 is 2.04 bits per heavy atom. The maximum Gasteiger partial charge on any atom is 0.287 e. The van der Waals surface area contributed by atoms with Gasteiger partial charge in [-0.1, -0.05) is 12.1 Å². The molecule has 1 aliphatic rings. The predicted molar refractivity (Wildman–Crippen MR) is 105 cm³/mol. The van der Waals surface area contributed by atoms with Crippen LogP contribution in [0.3, 0.4) is 0 Å². The van der Waals surface area contributed by atoms with Gasteiger partial charge < -0.3 is 19.6 Å². The molecule has 0 bridgehead atoms. The molecule has 28 heavy (non-hydrogen) atoms. The van der Waals surface area contributed by atoms with Crippen molar-refractivity contribution in [3.8, 4) is 0 Å². The Morgan fingerprint density at radius 3 is 2.75 bits per heavy atom. The Labute approximate surface area is 163 Å². The van der Waals surface area contributed by atoms with Gasteiger partial charge in [0.15, 0.2) is 5.76 Å². The lowest BCUT2D eigenvalue weighted by atomic mass is 10.0. The number of para-hydroxylation sites is 2. The number of hydrogen-bond acceptors (Lipinski definition) is 4. The Hall–Kier alpha value is -3.09. The van der Waals surface area contributed by atoms with Crippen molar-refractivity contribution < 1.29 is 14.0 Å². The van der Waals surface area contributed by atoms with E-state index >= 15 is 0 Å². The Kier molecular flexibility index (Phi) is 5.14. The van der Waals surface area contributed by atoms with Crippen LogP contribution in [0.2, 0.25) is 0 Å². The molecule has 0 saturated carbocycles. The van der Waals surface area contributed by atoms with Crippen LogP contribution in [0, 0.1) is 6.92 Å². The number of nitrogens with zero attached hydrogens (tertiary/aromatic N) is 2. The zero-order valence-corrected chi connectivity index (χ0v) is 15.9. The highest BCUT2D eigenvalue weighted by atomic mass is 16.3. The number of piperidine rings is 1. The second-order valence-electron chi connectivity index (χ2n) is 7.26. The van der Waals surface area contributed by atoms with E-state index in [2.05, 4.69) is 15.3 Å². The van der Waals surface area contributed by atoms with Gasteiger partial charge in [-0.25, -0.2) is 4.98 Å². The van der Waals surface area contributed by atoms with E-state index in [0.29, 0.717) is 31.7 Å². The van der Waals surface area contributed by atoms with Crippen molar-refractivity contribution in [3.05, 3.63) is 53.7 Å². The molecule has 0 spiro atoms. The van der Waals surface area contributed by atoms with Gasteiger partial charge in [0.25, 0.3) is 5.91 Å². The van der Waals surface area contributed by atoms with E-state index in [1.807, 2.05) is 36.1 Å². The van der Waals surface area contributed by atoms with Crippen molar-refractivity contribution >= 4 is 22.8 Å². The number of likely N-dealkylation sites (tertiary alicyclic amines) is 1. The van der Waals surface area contributed by atoms with Crippen molar-refractivity contribution in [1.82, 2.24) is 20.2 Å². The minimum absolute atomic E-state index is 0.0661. The molecule has 2 N–H and O–H groups in total. The molecule has 7 nitrogen and oxygen atoms in total. The molecule has 0 radical (unpaired) electrons. The number of rotatable bonds is 5. The minimum atomic E-state index is -0.183. The number of imidazole rings is 1. The predicted octanol–water partition coefficient (Wildman–Crippen LogP) is 2.82. The Balaban J connectivity index is 1.24. The largest absolute Gasteiger partial charge is 0.459 e. The third-order valence-electron chi connectivity index (χ3n) is 5.27. The van der Waals surface area contributed by atoms with Gasteiger partial charge >= 0.3 is 0 Å². The first-order valence-electron chi connectivity index (χ1n) is 9.66. The summed E-state index contributed by atoms with van der Waals surface area (Å²) >= 11 is 0. The quantitative estimate of drug-likeness (QED) is 0.712. The number of amides is 2. The topological polar surface area (TPSA) is 91.2 Å². The third-order valence-corrected chi connectivity index (χ3v) is 5.27. The summed E-state index contributed by atoms with van der Waals surface area (Å²) in [5.74, 6) is 1.15. The fraction of sp³-hybridized carbons (Fsp3) is 0.381. The van der Waals surface area contributed by atoms with Gasteiger partial charge in [-0.2, -0.15) is 0 Å². The molecule has 4 rings (SSSR count). The van der Waals surface area contributed by atoms with Crippen LogP contribution < -0.4 is 5.32 Å². The molecule has 3 aromatic rings. The molecule has 7 heteroatoms. The van der Waals surface area contributed by atoms with Crippen LogP contribution in [0.25, 0.3) is 11.0 Å². The van der Waals surface area contributed by atoms with Crippen molar-refractivity contribution in [3.63, 3.8) is 0 Å². The normalized spacial score (nSPS) is 15.1. The molecule has 0 aliphatic carbocycles. The molecule has 3 heterocycles. The monoisotopic (exact) mass is 380 g/mol. The van der Waals surface area contributed by atoms with Crippen molar-refractivity contribution in [2.45, 2.75) is 38.6 Å². The number of nitrogens with one attached hydrogen (secondary N) is 2. The van der Waals surface area contributed by atoms with E-state index < -0.39 is 0 Å². The first-order chi connectivity index (χ1) is 13.6. The molecule has 0 unspecified atom stereocenters. The number of aromatic amines is 1. The molecule has 1 saturated heterocycles. The lowest BCUT2D eigenvalue weighted by Gasteiger charge is -2.32. The van der Waals surface area contributed by atoms with E-state index in [0.717, 1.165) is 35.3 Å². The SMILES string of the molecule is Cc1ccoc1C(=O)NC1CCN(C(=O)CCc2nc3ccccc3[nH]2)CC1. The lowest BCUT2D eigenvalue weighted by Crippen LogP contribution is -2.46. The average Bonchev–Trinajstić information content (AvgIpc) is 3.32. The molecule has 2 amide bonds. The fourth-order valence-electron chi connectivity index (χ4n) is 3.64. The molecular weight excluding hydrogens is 356 g/mol. The average molecular weight is 380 g/mol. The van der Waals surface area contributed by atoms with Crippen LogP contribution >= 0.6 is 0 Å². The summed E-state index contributed by atoms with van der Waals surface area (Å²) in [7, 11) is 0. The summed E-state index contributed by atoms with van der Waals surface area (Å²) in [6.07, 6.45) is 4.06. The number of furan rings is 1. The number of hydrogen-bond donors (Lipinski definition) is 2. The zero-order valence-electron chi connectivity index (χ0n) is 15.9. The van der Waals surface area contributed by atoms with Crippen molar-refractivity contribution in [1.29, 1.82) is 0 Å². The van der Waals surface area contributed by atoms with Crippen LogP contribution in [0.15, 0.2) is 41.0 Å². The van der Waals surface area contributed by atoms with Gasteiger partial charge in [-0.05, 0) is 38.0 Å². The highest BCUT2D eigenvalue weighted by Gasteiger charge is 2.25. The molecule has 1 aliphatic heterocycles. The van der Waals surface area contributed by atoms with Gasteiger partial charge in [0.2, 0.25) is 5.91 Å². The molecule has 2 aromatic heterocycles. The van der Waals surface area contributed by atoms with E-state index in [1.165, 1.54) is 6.26 Å². The number of carbonyl (C=O) groups excluding carboxylic acids is 2. The van der Waals surface area contributed by atoms with Crippen molar-refractivity contribution in [2.24, 2.45) is 0 Å². The van der Waals surface area contributed by atoms with Gasteiger partial charge in [-0.3, -0.25) is 9.59 Å². The van der Waals surface area contributed by atoms with Crippen LogP contribution in [0.1, 0.15) is 41.2 Å². The molecule has 1 fully saturated rings. The van der Waals surface area contributed by atoms with Crippen LogP contribution in [0.5, 0.6) is 0 Å². The Bertz CT molecular complexity index is 949. The first kappa shape index (κ1) is 18.3. The van der Waals surface area contributed by atoms with Crippen LogP contribution in [-0.2, 0) is 11.2 Å². The number of benzene rings is 1. The van der Waals surface area contributed by atoms with E-state index in [-0.39, 0.29) is 17.9 Å². The summed E-state index contributed by atoms with van der Waals surface area (Å²) in [6, 6.07) is 9.70. The summed E-state index contributed by atoms with van der Waals surface area (Å²) < 4.78 is 5.24. The number of fused-ring (bicyclic) bond motifs is 1. The van der Waals surface area contributed by atoms with E-state index in [9.17, 15) is 9.59 Å². The van der Waals surface area contributed by atoms with Crippen LogP contribution in [0.4, 0.5) is 0 Å². The standard InChI is InChI=1S/C21H24N4O3/c1-14-10-13-28-20(14)21(27)22-15-8-11-25(12-9-15)19(26)7-6-18-23-16-4-2-3-5-17(16)24-18/h2-5,10,13,15H,6-9,11-12H2,1H3,(H,22,27)(H,23,24). The summed E-state index contributed by atoms with van der Waals surface area (Å²) in [5, 5.41) is 3.01. The van der Waals surface area contributed by atoms with Crippen molar-refractivity contribution in [2.75, 3.05) is 13.1 Å². The molecule has 0 atom stereocenters. The molecular formula is C21H24N4O3. The third kappa shape index (κ3) is 3.93. The number of aryl methyl sites for hydroxylation is 2. The Morgan fingerprint density at radius 1 is 1.25 bits per heavy atom. The van der Waals surface area contributed by atoms with Gasteiger partial charge in [0.1, 0.15) is 5.82 Å². The molecule has 1 aromatic carbocycles. The van der Waals surface area contributed by atoms with Gasteiger partial charge in [-0.15, -0.1) is 0 Å². The van der Waals surface area contributed by atoms with Crippen LogP contribution in [-0.4, -0.2) is 45.8 Å². The maximum atomic E-state index is 12.5. The van der Waals surface area contributed by atoms with Gasteiger partial charge in [0.05, 0.1) is 17.3 Å². The second-order valence-corrected chi connectivity index (χ2v) is 7.26. The van der Waals surface area contributed by atoms with E-state index in [4.69, 9.17) is 4.42 Å². The fourth-order valence-corrected chi connectivity index (χ4v) is 3.64.